The molecule has 1 saturated carbocycles. The highest BCUT2D eigenvalue weighted by Gasteiger charge is 2.32. The molecule has 2 aromatic rings. The third kappa shape index (κ3) is 2.86. The molecule has 20 heavy (non-hydrogen) atoms. The van der Waals surface area contributed by atoms with E-state index in [0.717, 1.165) is 37.1 Å². The summed E-state index contributed by atoms with van der Waals surface area (Å²) in [5.74, 6) is -0.127. The quantitative estimate of drug-likeness (QED) is 0.881. The van der Waals surface area contributed by atoms with Crippen LogP contribution in [0.15, 0.2) is 35.0 Å². The largest absolute Gasteiger partial charge is 0.362 e. The lowest BCUT2D eigenvalue weighted by atomic mass is 10.1. The number of rotatable bonds is 6. The van der Waals surface area contributed by atoms with E-state index in [4.69, 9.17) is 5.73 Å². The van der Waals surface area contributed by atoms with Crippen LogP contribution < -0.4 is 10.6 Å². The van der Waals surface area contributed by atoms with Gasteiger partial charge in [-0.1, -0.05) is 12.1 Å². The Morgan fingerprint density at radius 1 is 1.30 bits per heavy atom. The van der Waals surface area contributed by atoms with Gasteiger partial charge in [-0.15, -0.1) is 0 Å². The molecule has 0 unspecified atom stereocenters. The van der Waals surface area contributed by atoms with E-state index in [1.165, 1.54) is 5.56 Å². The van der Waals surface area contributed by atoms with Gasteiger partial charge >= 0.3 is 0 Å². The Labute approximate surface area is 123 Å². The van der Waals surface area contributed by atoms with Crippen molar-refractivity contribution < 1.29 is 4.39 Å². The van der Waals surface area contributed by atoms with Crippen LogP contribution in [0.4, 0.5) is 10.1 Å². The van der Waals surface area contributed by atoms with Crippen molar-refractivity contribution >= 4 is 17.0 Å². The highest BCUT2D eigenvalue weighted by atomic mass is 32.1. The molecule has 0 saturated heterocycles. The lowest BCUT2D eigenvalue weighted by Crippen LogP contribution is -2.27. The smallest absolute Gasteiger partial charge is 0.146 e. The van der Waals surface area contributed by atoms with Crippen LogP contribution in [0.1, 0.15) is 24.0 Å². The molecule has 106 valence electrons. The fourth-order valence-electron chi connectivity index (χ4n) is 2.60. The third-order valence-electron chi connectivity index (χ3n) is 3.69. The van der Waals surface area contributed by atoms with E-state index < -0.39 is 0 Å². The fourth-order valence-corrected chi connectivity index (χ4v) is 3.25. The molecule has 0 aliphatic heterocycles. The summed E-state index contributed by atoms with van der Waals surface area (Å²) in [5.41, 5.74) is 8.70. The topological polar surface area (TPSA) is 29.3 Å². The van der Waals surface area contributed by atoms with Crippen LogP contribution in [-0.2, 0) is 13.0 Å². The monoisotopic (exact) mass is 290 g/mol. The number of anilines is 1. The minimum Gasteiger partial charge on any atom is -0.362 e. The van der Waals surface area contributed by atoms with E-state index in [1.807, 2.05) is 6.07 Å². The van der Waals surface area contributed by atoms with Crippen molar-refractivity contribution in [3.8, 4) is 0 Å². The molecule has 4 heteroatoms. The molecule has 0 bridgehead atoms. The molecule has 0 atom stereocenters. The molecule has 0 spiro atoms. The van der Waals surface area contributed by atoms with Crippen molar-refractivity contribution in [1.82, 2.24) is 0 Å². The highest BCUT2D eigenvalue weighted by Crippen LogP contribution is 2.36. The highest BCUT2D eigenvalue weighted by molar-refractivity contribution is 7.07. The zero-order valence-corrected chi connectivity index (χ0v) is 12.2. The molecule has 1 fully saturated rings. The van der Waals surface area contributed by atoms with Gasteiger partial charge in [-0.2, -0.15) is 11.3 Å². The summed E-state index contributed by atoms with van der Waals surface area (Å²) < 4.78 is 14.4. The van der Waals surface area contributed by atoms with E-state index in [9.17, 15) is 4.39 Å². The Bertz CT molecular complexity index is 564. The molecule has 1 heterocycles. The van der Waals surface area contributed by atoms with Crippen LogP contribution >= 0.6 is 11.3 Å². The number of nitrogens with zero attached hydrogens (tertiary/aromatic N) is 1. The number of thiophene rings is 1. The van der Waals surface area contributed by atoms with Crippen molar-refractivity contribution in [2.45, 2.75) is 31.8 Å². The van der Waals surface area contributed by atoms with Crippen LogP contribution in [0.5, 0.6) is 0 Å². The molecule has 1 aliphatic carbocycles. The number of hydrogen-bond acceptors (Lipinski definition) is 3. The molecule has 0 amide bonds. The molecule has 2 nitrogen and oxygen atoms in total. The van der Waals surface area contributed by atoms with Gasteiger partial charge in [-0.05, 0) is 59.8 Å². The van der Waals surface area contributed by atoms with Crippen molar-refractivity contribution in [2.75, 3.05) is 11.4 Å². The summed E-state index contributed by atoms with van der Waals surface area (Å²) in [5, 5.41) is 4.21. The van der Waals surface area contributed by atoms with E-state index in [-0.39, 0.29) is 5.82 Å². The number of benzene rings is 1. The first-order chi connectivity index (χ1) is 9.79. The number of para-hydroxylation sites is 1. The SMILES string of the molecule is NCCc1cccc(F)c1N(Cc1ccsc1)C1CC1. The van der Waals surface area contributed by atoms with E-state index in [0.29, 0.717) is 12.6 Å². The van der Waals surface area contributed by atoms with Crippen LogP contribution in [0.25, 0.3) is 0 Å². The third-order valence-corrected chi connectivity index (χ3v) is 4.42. The average molecular weight is 290 g/mol. The van der Waals surface area contributed by atoms with Crippen molar-refractivity contribution in [2.24, 2.45) is 5.73 Å². The van der Waals surface area contributed by atoms with Crippen LogP contribution in [0.2, 0.25) is 0 Å². The average Bonchev–Trinajstić information content (AvgIpc) is 3.15. The molecule has 1 aliphatic rings. The van der Waals surface area contributed by atoms with E-state index in [1.54, 1.807) is 23.5 Å². The Morgan fingerprint density at radius 3 is 2.80 bits per heavy atom. The van der Waals surface area contributed by atoms with Gasteiger partial charge in [0.1, 0.15) is 5.82 Å². The van der Waals surface area contributed by atoms with Crippen molar-refractivity contribution in [3.63, 3.8) is 0 Å². The Morgan fingerprint density at radius 2 is 2.15 bits per heavy atom. The van der Waals surface area contributed by atoms with Crippen molar-refractivity contribution in [1.29, 1.82) is 0 Å². The van der Waals surface area contributed by atoms with Gasteiger partial charge in [0.2, 0.25) is 0 Å². The van der Waals surface area contributed by atoms with E-state index >= 15 is 0 Å². The molecular weight excluding hydrogens is 271 g/mol. The Balaban J connectivity index is 1.94. The zero-order valence-electron chi connectivity index (χ0n) is 11.4. The predicted molar refractivity (Wildman–Crippen MR) is 82.7 cm³/mol. The zero-order chi connectivity index (χ0) is 13.9. The molecule has 0 radical (unpaired) electrons. The fraction of sp³-hybridized carbons (Fsp3) is 0.375. The summed E-state index contributed by atoms with van der Waals surface area (Å²) >= 11 is 1.69. The number of nitrogens with two attached hydrogens (primary N) is 1. The summed E-state index contributed by atoms with van der Waals surface area (Å²) in [6.45, 7) is 1.33. The summed E-state index contributed by atoms with van der Waals surface area (Å²) in [4.78, 5) is 2.22. The second kappa shape index (κ2) is 5.94. The predicted octanol–water partition coefficient (Wildman–Crippen LogP) is 3.56. The van der Waals surface area contributed by atoms with Gasteiger partial charge in [0.15, 0.2) is 0 Å². The van der Waals surface area contributed by atoms with Crippen LogP contribution in [0, 0.1) is 5.82 Å². The van der Waals surface area contributed by atoms with Gasteiger partial charge in [0.25, 0.3) is 0 Å². The van der Waals surface area contributed by atoms with Gasteiger partial charge in [0.05, 0.1) is 5.69 Å². The Kier molecular flexibility index (Phi) is 4.03. The molecule has 1 aromatic heterocycles. The normalized spacial score (nSPS) is 14.5. The van der Waals surface area contributed by atoms with Gasteiger partial charge < -0.3 is 10.6 Å². The van der Waals surface area contributed by atoms with Gasteiger partial charge in [-0.3, -0.25) is 0 Å². The number of halogens is 1. The minimum absolute atomic E-state index is 0.127. The molecular formula is C16H19FN2S. The summed E-state index contributed by atoms with van der Waals surface area (Å²) in [6, 6.07) is 7.92. The van der Waals surface area contributed by atoms with Gasteiger partial charge in [0, 0.05) is 12.6 Å². The van der Waals surface area contributed by atoms with Crippen LogP contribution in [0.3, 0.4) is 0 Å². The second-order valence-electron chi connectivity index (χ2n) is 5.28. The van der Waals surface area contributed by atoms with Crippen molar-refractivity contribution in [3.05, 3.63) is 52.0 Å². The summed E-state index contributed by atoms with van der Waals surface area (Å²) in [6.07, 6.45) is 3.03. The first-order valence-electron chi connectivity index (χ1n) is 7.04. The maximum Gasteiger partial charge on any atom is 0.146 e. The maximum absolute atomic E-state index is 14.4. The maximum atomic E-state index is 14.4. The minimum atomic E-state index is -0.127. The number of hydrogen-bond donors (Lipinski definition) is 1. The second-order valence-corrected chi connectivity index (χ2v) is 6.06. The Hall–Kier alpha value is -1.39. The van der Waals surface area contributed by atoms with Gasteiger partial charge in [-0.25, -0.2) is 4.39 Å². The first-order valence-corrected chi connectivity index (χ1v) is 7.99. The molecule has 2 N–H and O–H groups in total. The standard InChI is InChI=1S/C16H19FN2S/c17-15-3-1-2-13(6-8-18)16(15)19(14-4-5-14)10-12-7-9-20-11-12/h1-3,7,9,11,14H,4-6,8,10,18H2. The van der Waals surface area contributed by atoms with Crippen LogP contribution in [-0.4, -0.2) is 12.6 Å². The lowest BCUT2D eigenvalue weighted by Gasteiger charge is -2.27. The van der Waals surface area contributed by atoms with E-state index in [2.05, 4.69) is 21.7 Å². The molecule has 1 aromatic carbocycles. The molecule has 3 rings (SSSR count). The first kappa shape index (κ1) is 13.6. The summed E-state index contributed by atoms with van der Waals surface area (Å²) in [7, 11) is 0. The lowest BCUT2D eigenvalue weighted by molar-refractivity contribution is 0.611.